The van der Waals surface area contributed by atoms with Gasteiger partial charge in [0.2, 0.25) is 5.91 Å². The summed E-state index contributed by atoms with van der Waals surface area (Å²) in [6.07, 6.45) is 1.50. The lowest BCUT2D eigenvalue weighted by Gasteiger charge is -2.19. The maximum absolute atomic E-state index is 12.3. The van der Waals surface area contributed by atoms with E-state index in [1.54, 1.807) is 38.2 Å². The van der Waals surface area contributed by atoms with Crippen molar-refractivity contribution in [2.24, 2.45) is 0 Å². The van der Waals surface area contributed by atoms with Gasteiger partial charge in [0.1, 0.15) is 12.4 Å². The van der Waals surface area contributed by atoms with Crippen LogP contribution in [-0.2, 0) is 11.3 Å². The van der Waals surface area contributed by atoms with Crippen molar-refractivity contribution >= 4 is 39.9 Å². The Morgan fingerprint density at radius 1 is 1.38 bits per heavy atom. The fraction of sp³-hybridized carbons (Fsp3) is 0.214. The largest absolute Gasteiger partial charge is 0.399 e. The zero-order valence-electron chi connectivity index (χ0n) is 11.7. The molecule has 7 heteroatoms. The predicted molar refractivity (Wildman–Crippen MR) is 90.2 cm³/mol. The lowest BCUT2D eigenvalue weighted by molar-refractivity contribution is -0.119. The number of aryl methyl sites for hydroxylation is 1. The van der Waals surface area contributed by atoms with Gasteiger partial charge in [-0.05, 0) is 53.8 Å². The van der Waals surface area contributed by atoms with Gasteiger partial charge >= 0.3 is 0 Å². The SMILES string of the molecule is Cc1ncc(I)c(=O)n1CC(=O)N(C)c1ccc(N)cc1. The molecule has 0 saturated carbocycles. The van der Waals surface area contributed by atoms with Crippen LogP contribution in [0.4, 0.5) is 11.4 Å². The molecular weight excluding hydrogens is 383 g/mol. The Hall–Kier alpha value is -1.90. The molecule has 2 aromatic rings. The van der Waals surface area contributed by atoms with Crippen molar-refractivity contribution in [2.45, 2.75) is 13.5 Å². The van der Waals surface area contributed by atoms with E-state index in [0.717, 1.165) is 5.69 Å². The Bertz CT molecular complexity index is 725. The van der Waals surface area contributed by atoms with E-state index in [1.807, 2.05) is 22.6 Å². The summed E-state index contributed by atoms with van der Waals surface area (Å²) in [5.41, 5.74) is 6.77. The standard InChI is InChI=1S/C14H15IN4O2/c1-9-17-7-12(15)14(21)19(9)8-13(20)18(2)11-5-3-10(16)4-6-11/h3-7H,8,16H2,1-2H3. The molecule has 0 bridgehead atoms. The molecule has 0 atom stereocenters. The lowest BCUT2D eigenvalue weighted by Crippen LogP contribution is -2.36. The summed E-state index contributed by atoms with van der Waals surface area (Å²) in [6, 6.07) is 6.97. The van der Waals surface area contributed by atoms with E-state index in [4.69, 9.17) is 5.73 Å². The summed E-state index contributed by atoms with van der Waals surface area (Å²) >= 11 is 1.91. The molecule has 0 aliphatic carbocycles. The molecule has 110 valence electrons. The van der Waals surface area contributed by atoms with Gasteiger partial charge in [0.15, 0.2) is 0 Å². The highest BCUT2D eigenvalue weighted by Gasteiger charge is 2.14. The Morgan fingerprint density at radius 2 is 2.00 bits per heavy atom. The number of anilines is 2. The summed E-state index contributed by atoms with van der Waals surface area (Å²) in [7, 11) is 1.66. The topological polar surface area (TPSA) is 81.2 Å². The van der Waals surface area contributed by atoms with Crippen molar-refractivity contribution < 1.29 is 4.79 Å². The molecule has 21 heavy (non-hydrogen) atoms. The van der Waals surface area contributed by atoms with Crippen LogP contribution in [0.1, 0.15) is 5.82 Å². The Morgan fingerprint density at radius 3 is 2.62 bits per heavy atom. The highest BCUT2D eigenvalue weighted by Crippen LogP contribution is 2.15. The van der Waals surface area contributed by atoms with Crippen LogP contribution >= 0.6 is 22.6 Å². The highest BCUT2D eigenvalue weighted by atomic mass is 127. The van der Waals surface area contributed by atoms with Crippen LogP contribution in [0.2, 0.25) is 0 Å². The number of aromatic nitrogens is 2. The van der Waals surface area contributed by atoms with Gasteiger partial charge in [0.05, 0.1) is 3.57 Å². The van der Waals surface area contributed by atoms with Crippen LogP contribution in [0.3, 0.4) is 0 Å². The zero-order chi connectivity index (χ0) is 15.6. The normalized spacial score (nSPS) is 10.4. The maximum atomic E-state index is 12.3. The van der Waals surface area contributed by atoms with Gasteiger partial charge in [-0.25, -0.2) is 4.98 Å². The second-order valence-corrected chi connectivity index (χ2v) is 5.75. The van der Waals surface area contributed by atoms with Crippen molar-refractivity contribution in [3.63, 3.8) is 0 Å². The summed E-state index contributed by atoms with van der Waals surface area (Å²) in [4.78, 5) is 30.0. The smallest absolute Gasteiger partial charge is 0.267 e. The van der Waals surface area contributed by atoms with Crippen LogP contribution < -0.4 is 16.2 Å². The van der Waals surface area contributed by atoms with Crippen LogP contribution in [-0.4, -0.2) is 22.5 Å². The molecule has 2 rings (SSSR count). The van der Waals surface area contributed by atoms with Gasteiger partial charge in [-0.15, -0.1) is 0 Å². The molecule has 0 unspecified atom stereocenters. The van der Waals surface area contributed by atoms with E-state index in [2.05, 4.69) is 4.98 Å². The first-order valence-corrected chi connectivity index (χ1v) is 7.32. The minimum absolute atomic E-state index is 0.0462. The fourth-order valence-electron chi connectivity index (χ4n) is 1.82. The number of nitrogens with two attached hydrogens (primary N) is 1. The number of likely N-dealkylation sites (N-methyl/N-ethyl adjacent to an activating group) is 1. The highest BCUT2D eigenvalue weighted by molar-refractivity contribution is 14.1. The number of benzene rings is 1. The monoisotopic (exact) mass is 398 g/mol. The molecule has 1 amide bonds. The van der Waals surface area contributed by atoms with E-state index in [9.17, 15) is 9.59 Å². The maximum Gasteiger partial charge on any atom is 0.267 e. The van der Waals surface area contributed by atoms with Gasteiger partial charge in [0, 0.05) is 24.6 Å². The number of hydrogen-bond donors (Lipinski definition) is 1. The predicted octanol–water partition coefficient (Wildman–Crippen LogP) is 1.40. The molecule has 0 fully saturated rings. The number of carbonyl (C=O) groups excluding carboxylic acids is 1. The second-order valence-electron chi connectivity index (χ2n) is 4.59. The molecule has 0 aliphatic heterocycles. The zero-order valence-corrected chi connectivity index (χ0v) is 13.9. The molecule has 1 aromatic carbocycles. The number of carbonyl (C=O) groups is 1. The number of hydrogen-bond acceptors (Lipinski definition) is 4. The average Bonchev–Trinajstić information content (AvgIpc) is 2.47. The Kier molecular flexibility index (Phi) is 4.61. The molecule has 0 aliphatic rings. The van der Waals surface area contributed by atoms with E-state index in [1.165, 1.54) is 15.7 Å². The summed E-state index contributed by atoms with van der Waals surface area (Å²) in [6.45, 7) is 1.66. The van der Waals surface area contributed by atoms with Crippen molar-refractivity contribution in [1.29, 1.82) is 0 Å². The lowest BCUT2D eigenvalue weighted by atomic mass is 10.2. The van der Waals surface area contributed by atoms with Gasteiger partial charge in [-0.3, -0.25) is 14.2 Å². The van der Waals surface area contributed by atoms with Crippen molar-refractivity contribution in [2.75, 3.05) is 17.7 Å². The van der Waals surface area contributed by atoms with E-state index < -0.39 is 0 Å². The number of nitrogens with zero attached hydrogens (tertiary/aromatic N) is 3. The van der Waals surface area contributed by atoms with Crippen LogP contribution in [0.5, 0.6) is 0 Å². The Balaban J connectivity index is 2.24. The first-order chi connectivity index (χ1) is 9.90. The van der Waals surface area contributed by atoms with Crippen molar-refractivity contribution in [3.8, 4) is 0 Å². The fourth-order valence-corrected chi connectivity index (χ4v) is 2.25. The van der Waals surface area contributed by atoms with E-state index >= 15 is 0 Å². The van der Waals surface area contributed by atoms with E-state index in [0.29, 0.717) is 15.1 Å². The third-order valence-corrected chi connectivity index (χ3v) is 3.89. The van der Waals surface area contributed by atoms with Gasteiger partial charge in [-0.1, -0.05) is 0 Å². The van der Waals surface area contributed by atoms with Gasteiger partial charge in [0.25, 0.3) is 5.56 Å². The molecule has 0 radical (unpaired) electrons. The molecule has 6 nitrogen and oxygen atoms in total. The van der Waals surface area contributed by atoms with Crippen molar-refractivity contribution in [3.05, 3.63) is 50.2 Å². The summed E-state index contributed by atoms with van der Waals surface area (Å²) in [5, 5.41) is 0. The van der Waals surface area contributed by atoms with Crippen LogP contribution in [0.25, 0.3) is 0 Å². The van der Waals surface area contributed by atoms with E-state index in [-0.39, 0.29) is 18.0 Å². The molecule has 1 aromatic heterocycles. The first-order valence-electron chi connectivity index (χ1n) is 6.24. The molecule has 1 heterocycles. The summed E-state index contributed by atoms with van der Waals surface area (Å²) < 4.78 is 1.86. The molecule has 0 saturated heterocycles. The minimum Gasteiger partial charge on any atom is -0.399 e. The molecule has 2 N–H and O–H groups in total. The third kappa shape index (κ3) is 3.41. The van der Waals surface area contributed by atoms with Crippen molar-refractivity contribution in [1.82, 2.24) is 9.55 Å². The van der Waals surface area contributed by atoms with Crippen LogP contribution in [0, 0.1) is 10.5 Å². The molecule has 0 spiro atoms. The third-order valence-electron chi connectivity index (χ3n) is 3.15. The first kappa shape index (κ1) is 15.5. The second kappa shape index (κ2) is 6.25. The Labute approximate surface area is 135 Å². The number of rotatable bonds is 3. The van der Waals surface area contributed by atoms with Gasteiger partial charge < -0.3 is 10.6 Å². The minimum atomic E-state index is -0.206. The number of amides is 1. The quantitative estimate of drug-likeness (QED) is 0.626. The average molecular weight is 398 g/mol. The molecular formula is C14H15IN4O2. The number of halogens is 1. The summed E-state index contributed by atoms with van der Waals surface area (Å²) in [5.74, 6) is 0.313. The van der Waals surface area contributed by atoms with Crippen LogP contribution in [0.15, 0.2) is 35.3 Å². The number of nitrogen functional groups attached to an aromatic ring is 1. The van der Waals surface area contributed by atoms with Gasteiger partial charge in [-0.2, -0.15) is 0 Å².